The minimum Gasteiger partial charge on any atom is -0.377 e. The summed E-state index contributed by atoms with van der Waals surface area (Å²) in [7, 11) is -3.49. The summed E-state index contributed by atoms with van der Waals surface area (Å²) in [6.07, 6.45) is 0.0629. The van der Waals surface area contributed by atoms with Crippen LogP contribution in [0, 0.1) is 0 Å². The molecule has 0 saturated carbocycles. The molecule has 0 heterocycles. The number of hydrogen-bond acceptors (Lipinski definition) is 4. The van der Waals surface area contributed by atoms with Crippen LogP contribution < -0.4 is 5.73 Å². The Morgan fingerprint density at radius 2 is 2.05 bits per heavy atom. The van der Waals surface area contributed by atoms with Crippen molar-refractivity contribution in [1.29, 1.82) is 0 Å². The summed E-state index contributed by atoms with van der Waals surface area (Å²) in [6, 6.07) is 4.38. The second kappa shape index (κ2) is 7.45. The van der Waals surface area contributed by atoms with Crippen LogP contribution in [0.5, 0.6) is 0 Å². The molecule has 0 bridgehead atoms. The molecular formula is C12H17Cl2NO3S. The van der Waals surface area contributed by atoms with E-state index in [4.69, 9.17) is 33.7 Å². The van der Waals surface area contributed by atoms with Crippen LogP contribution in [-0.4, -0.2) is 33.4 Å². The van der Waals surface area contributed by atoms with Crippen molar-refractivity contribution in [1.82, 2.24) is 0 Å². The van der Waals surface area contributed by atoms with Crippen molar-refractivity contribution in [3.05, 3.63) is 28.2 Å². The predicted octanol–water partition coefficient (Wildman–Crippen LogP) is 2.52. The molecule has 0 spiro atoms. The van der Waals surface area contributed by atoms with E-state index in [0.29, 0.717) is 18.1 Å². The van der Waals surface area contributed by atoms with E-state index >= 15 is 0 Å². The minimum atomic E-state index is -3.49. The molecule has 0 fully saturated rings. The van der Waals surface area contributed by atoms with Gasteiger partial charge in [0.2, 0.25) is 0 Å². The maximum Gasteiger partial charge on any atom is 0.180 e. The Morgan fingerprint density at radius 1 is 1.37 bits per heavy atom. The Hall–Kier alpha value is -0.330. The summed E-state index contributed by atoms with van der Waals surface area (Å²) in [5.41, 5.74) is 5.51. The van der Waals surface area contributed by atoms with Crippen LogP contribution >= 0.6 is 23.2 Å². The van der Waals surface area contributed by atoms with Crippen LogP contribution in [0.1, 0.15) is 13.3 Å². The average Bonchev–Trinajstić information content (AvgIpc) is 2.37. The van der Waals surface area contributed by atoms with Gasteiger partial charge in [-0.05, 0) is 31.5 Å². The molecule has 0 aliphatic heterocycles. The van der Waals surface area contributed by atoms with E-state index in [2.05, 4.69) is 0 Å². The quantitative estimate of drug-likeness (QED) is 0.836. The van der Waals surface area contributed by atoms with E-state index in [1.54, 1.807) is 6.07 Å². The Kier molecular flexibility index (Phi) is 6.56. The molecule has 0 aromatic heterocycles. The van der Waals surface area contributed by atoms with E-state index in [1.807, 2.05) is 6.92 Å². The maximum absolute atomic E-state index is 12.2. The molecule has 2 N–H and O–H groups in total. The van der Waals surface area contributed by atoms with Crippen LogP contribution in [0.2, 0.25) is 10.0 Å². The zero-order valence-electron chi connectivity index (χ0n) is 10.6. The van der Waals surface area contributed by atoms with Crippen molar-refractivity contribution in [2.24, 2.45) is 5.73 Å². The predicted molar refractivity (Wildman–Crippen MR) is 77.6 cm³/mol. The number of nitrogens with two attached hydrogens (primary N) is 1. The van der Waals surface area contributed by atoms with Crippen LogP contribution in [0.25, 0.3) is 0 Å². The largest absolute Gasteiger partial charge is 0.377 e. The smallest absolute Gasteiger partial charge is 0.180 e. The molecule has 1 aromatic rings. The highest BCUT2D eigenvalue weighted by molar-refractivity contribution is 7.91. The van der Waals surface area contributed by atoms with Crippen LogP contribution in [0.4, 0.5) is 0 Å². The molecule has 1 unspecified atom stereocenters. The monoisotopic (exact) mass is 325 g/mol. The zero-order valence-corrected chi connectivity index (χ0v) is 12.9. The lowest BCUT2D eigenvalue weighted by Gasteiger charge is -2.15. The summed E-state index contributed by atoms with van der Waals surface area (Å²) < 4.78 is 29.7. The highest BCUT2D eigenvalue weighted by Gasteiger charge is 2.20. The SMILES string of the molecule is CCOC(CN)CCS(=O)(=O)c1cc(Cl)ccc1Cl. The minimum absolute atomic E-state index is 0.0499. The first-order chi connectivity index (χ1) is 8.90. The Labute approximate surface area is 123 Å². The topological polar surface area (TPSA) is 69.4 Å². The molecule has 0 aliphatic rings. The first kappa shape index (κ1) is 16.7. The Bertz CT molecular complexity index is 520. The van der Waals surface area contributed by atoms with Crippen LogP contribution in [0.3, 0.4) is 0 Å². The van der Waals surface area contributed by atoms with Gasteiger partial charge in [0.25, 0.3) is 0 Å². The second-order valence-electron chi connectivity index (χ2n) is 4.00. The third-order valence-electron chi connectivity index (χ3n) is 2.60. The molecule has 0 aliphatic carbocycles. The lowest BCUT2D eigenvalue weighted by molar-refractivity contribution is 0.0671. The highest BCUT2D eigenvalue weighted by atomic mass is 35.5. The van der Waals surface area contributed by atoms with Crippen LogP contribution in [-0.2, 0) is 14.6 Å². The van der Waals surface area contributed by atoms with Gasteiger partial charge in [-0.2, -0.15) is 0 Å². The van der Waals surface area contributed by atoms with E-state index in [9.17, 15) is 8.42 Å². The van der Waals surface area contributed by atoms with Gasteiger partial charge in [0, 0.05) is 18.2 Å². The van der Waals surface area contributed by atoms with Crippen molar-refractivity contribution in [3.63, 3.8) is 0 Å². The first-order valence-corrected chi connectivity index (χ1v) is 8.31. The fourth-order valence-corrected chi connectivity index (χ4v) is 3.79. The third kappa shape index (κ3) is 4.93. The van der Waals surface area contributed by atoms with E-state index < -0.39 is 9.84 Å². The molecule has 1 aromatic carbocycles. The van der Waals surface area contributed by atoms with E-state index in [0.717, 1.165) is 0 Å². The number of ether oxygens (including phenoxy) is 1. The van der Waals surface area contributed by atoms with Gasteiger partial charge in [-0.25, -0.2) is 8.42 Å². The van der Waals surface area contributed by atoms with Crippen molar-refractivity contribution < 1.29 is 13.2 Å². The van der Waals surface area contributed by atoms with Crippen molar-refractivity contribution in [3.8, 4) is 0 Å². The molecule has 0 saturated heterocycles. The number of hydrogen-bond donors (Lipinski definition) is 1. The van der Waals surface area contributed by atoms with Gasteiger partial charge in [-0.3, -0.25) is 0 Å². The molecule has 19 heavy (non-hydrogen) atoms. The van der Waals surface area contributed by atoms with Gasteiger partial charge in [0.15, 0.2) is 9.84 Å². The third-order valence-corrected chi connectivity index (χ3v) is 5.06. The van der Waals surface area contributed by atoms with Crippen molar-refractivity contribution >= 4 is 33.0 Å². The van der Waals surface area contributed by atoms with Gasteiger partial charge in [0.1, 0.15) is 0 Å². The van der Waals surface area contributed by atoms with E-state index in [1.165, 1.54) is 12.1 Å². The Balaban J connectivity index is 2.83. The van der Waals surface area contributed by atoms with Gasteiger partial charge >= 0.3 is 0 Å². The fourth-order valence-electron chi connectivity index (χ4n) is 1.62. The molecule has 7 heteroatoms. The molecule has 0 amide bonds. The summed E-state index contributed by atoms with van der Waals surface area (Å²) in [5, 5.41) is 0.508. The second-order valence-corrected chi connectivity index (χ2v) is 6.92. The molecule has 4 nitrogen and oxygen atoms in total. The number of halogens is 2. The molecule has 1 rings (SSSR count). The standard InChI is InChI=1S/C12H17Cl2NO3S/c1-2-18-10(8-15)5-6-19(16,17)12-7-9(13)3-4-11(12)14/h3-4,7,10H,2,5-6,8,15H2,1H3. The average molecular weight is 326 g/mol. The lowest BCUT2D eigenvalue weighted by Crippen LogP contribution is -2.26. The lowest BCUT2D eigenvalue weighted by atomic mass is 10.3. The fraction of sp³-hybridized carbons (Fsp3) is 0.500. The number of sulfone groups is 1. The number of benzene rings is 1. The molecular weight excluding hydrogens is 309 g/mol. The molecule has 108 valence electrons. The normalized spacial score (nSPS) is 13.5. The van der Waals surface area contributed by atoms with Gasteiger partial charge in [-0.1, -0.05) is 23.2 Å². The molecule has 0 radical (unpaired) electrons. The number of rotatable bonds is 7. The molecule has 1 atom stereocenters. The Morgan fingerprint density at radius 3 is 2.63 bits per heavy atom. The van der Waals surface area contributed by atoms with Gasteiger partial charge in [-0.15, -0.1) is 0 Å². The summed E-state index contributed by atoms with van der Waals surface area (Å²) >= 11 is 11.7. The first-order valence-electron chi connectivity index (χ1n) is 5.90. The van der Waals surface area contributed by atoms with Crippen molar-refractivity contribution in [2.75, 3.05) is 18.9 Å². The van der Waals surface area contributed by atoms with Crippen molar-refractivity contribution in [2.45, 2.75) is 24.3 Å². The van der Waals surface area contributed by atoms with E-state index in [-0.39, 0.29) is 28.3 Å². The van der Waals surface area contributed by atoms with Gasteiger partial charge in [0.05, 0.1) is 21.8 Å². The zero-order chi connectivity index (χ0) is 14.5. The maximum atomic E-state index is 12.2. The van der Waals surface area contributed by atoms with Gasteiger partial charge < -0.3 is 10.5 Å². The highest BCUT2D eigenvalue weighted by Crippen LogP contribution is 2.26. The summed E-state index contributed by atoms with van der Waals surface area (Å²) in [4.78, 5) is 0.0499. The summed E-state index contributed by atoms with van der Waals surface area (Å²) in [6.45, 7) is 2.62. The van der Waals surface area contributed by atoms with Crippen LogP contribution in [0.15, 0.2) is 23.1 Å². The summed E-state index contributed by atoms with van der Waals surface area (Å²) in [5.74, 6) is -0.0745.